The summed E-state index contributed by atoms with van der Waals surface area (Å²) in [7, 11) is 0. The molecule has 1 saturated heterocycles. The molecular weight excluding hydrogens is 276 g/mol. The van der Waals surface area contributed by atoms with Crippen LogP contribution in [0.1, 0.15) is 51.9 Å². The van der Waals surface area contributed by atoms with E-state index in [0.717, 1.165) is 25.9 Å². The Morgan fingerprint density at radius 2 is 2.05 bits per heavy atom. The van der Waals surface area contributed by atoms with Crippen LogP contribution in [0, 0.1) is 5.92 Å². The third-order valence-corrected chi connectivity index (χ3v) is 5.51. The zero-order valence-corrected chi connectivity index (χ0v) is 13.6. The quantitative estimate of drug-likeness (QED) is 0.895. The molecule has 0 radical (unpaired) electrons. The van der Waals surface area contributed by atoms with E-state index in [4.69, 9.17) is 0 Å². The first-order valence-electron chi connectivity index (χ1n) is 8.74. The highest BCUT2D eigenvalue weighted by atomic mass is 16.2. The van der Waals surface area contributed by atoms with Gasteiger partial charge in [0.2, 0.25) is 5.91 Å². The van der Waals surface area contributed by atoms with Gasteiger partial charge in [0.1, 0.15) is 5.54 Å². The van der Waals surface area contributed by atoms with Gasteiger partial charge in [-0.25, -0.2) is 0 Å². The first kappa shape index (κ1) is 15.5. The summed E-state index contributed by atoms with van der Waals surface area (Å²) < 4.78 is 1.87. The van der Waals surface area contributed by atoms with Gasteiger partial charge in [-0.1, -0.05) is 19.3 Å². The molecule has 22 heavy (non-hydrogen) atoms. The van der Waals surface area contributed by atoms with E-state index >= 15 is 0 Å². The number of carbonyl (C=O) groups is 1. The van der Waals surface area contributed by atoms with Crippen LogP contribution in [0.3, 0.4) is 0 Å². The molecule has 5 heteroatoms. The minimum absolute atomic E-state index is 0.149. The molecule has 1 aromatic heterocycles. The molecule has 0 aromatic carbocycles. The van der Waals surface area contributed by atoms with Crippen LogP contribution in [-0.4, -0.2) is 34.8 Å². The number of nitrogens with one attached hydrogen (secondary N) is 2. The van der Waals surface area contributed by atoms with Crippen molar-refractivity contribution in [3.8, 4) is 0 Å². The number of amides is 1. The fourth-order valence-corrected chi connectivity index (χ4v) is 4.02. The molecule has 0 spiro atoms. The Balaban J connectivity index is 1.72. The van der Waals surface area contributed by atoms with Gasteiger partial charge in [0, 0.05) is 18.4 Å². The van der Waals surface area contributed by atoms with Gasteiger partial charge in [0.25, 0.3) is 0 Å². The van der Waals surface area contributed by atoms with E-state index in [1.165, 1.54) is 32.1 Å². The average molecular weight is 304 g/mol. The van der Waals surface area contributed by atoms with Gasteiger partial charge in [-0.2, -0.15) is 5.10 Å². The normalized spacial score (nSPS) is 23.9. The highest BCUT2D eigenvalue weighted by Crippen LogP contribution is 2.30. The maximum atomic E-state index is 13.1. The molecule has 1 aliphatic heterocycles. The molecule has 1 aliphatic carbocycles. The van der Waals surface area contributed by atoms with Crippen molar-refractivity contribution in [2.75, 3.05) is 13.1 Å². The van der Waals surface area contributed by atoms with Gasteiger partial charge in [-0.05, 0) is 57.7 Å². The van der Waals surface area contributed by atoms with Crippen molar-refractivity contribution in [1.29, 1.82) is 0 Å². The number of nitrogens with zero attached hydrogens (tertiary/aromatic N) is 2. The topological polar surface area (TPSA) is 59.0 Å². The Kier molecular flexibility index (Phi) is 4.81. The second-order valence-electron chi connectivity index (χ2n) is 6.89. The van der Waals surface area contributed by atoms with Crippen molar-refractivity contribution in [3.63, 3.8) is 0 Å². The van der Waals surface area contributed by atoms with Crippen molar-refractivity contribution in [1.82, 2.24) is 20.4 Å². The molecule has 1 unspecified atom stereocenters. The summed E-state index contributed by atoms with van der Waals surface area (Å²) in [5, 5.41) is 11.1. The second-order valence-corrected chi connectivity index (χ2v) is 6.89. The lowest BCUT2D eigenvalue weighted by atomic mass is 9.83. The number of carbonyl (C=O) groups excluding carboxylic acids is 1. The number of hydrogen-bond acceptors (Lipinski definition) is 3. The third-order valence-electron chi connectivity index (χ3n) is 5.51. The van der Waals surface area contributed by atoms with Crippen LogP contribution in [0.2, 0.25) is 0 Å². The summed E-state index contributed by atoms with van der Waals surface area (Å²) in [5.74, 6) is 0.782. The number of rotatable bonds is 4. The maximum absolute atomic E-state index is 13.1. The molecule has 1 aromatic rings. The molecule has 1 saturated carbocycles. The summed E-state index contributed by atoms with van der Waals surface area (Å²) in [4.78, 5) is 13.1. The van der Waals surface area contributed by atoms with Crippen LogP contribution in [-0.2, 0) is 10.3 Å². The Labute approximate surface area is 132 Å². The Morgan fingerprint density at radius 3 is 2.68 bits per heavy atom. The van der Waals surface area contributed by atoms with Gasteiger partial charge in [-0.15, -0.1) is 0 Å². The SMILES string of the molecule is CC(NC(=O)C1(n2cccn2)CCNCC1)C1CCCCC1. The van der Waals surface area contributed by atoms with Gasteiger partial charge < -0.3 is 10.6 Å². The van der Waals surface area contributed by atoms with E-state index in [1.807, 2.05) is 16.9 Å². The molecule has 2 heterocycles. The Bertz CT molecular complexity index is 473. The second kappa shape index (κ2) is 6.82. The van der Waals surface area contributed by atoms with E-state index in [0.29, 0.717) is 5.92 Å². The first-order valence-corrected chi connectivity index (χ1v) is 8.74. The largest absolute Gasteiger partial charge is 0.351 e. The maximum Gasteiger partial charge on any atom is 0.248 e. The van der Waals surface area contributed by atoms with Gasteiger partial charge >= 0.3 is 0 Å². The van der Waals surface area contributed by atoms with E-state index in [2.05, 4.69) is 22.7 Å². The van der Waals surface area contributed by atoms with Crippen molar-refractivity contribution < 1.29 is 4.79 Å². The minimum atomic E-state index is -0.516. The third kappa shape index (κ3) is 3.05. The molecule has 2 aliphatic rings. The van der Waals surface area contributed by atoms with Gasteiger partial charge in [0.15, 0.2) is 0 Å². The highest BCUT2D eigenvalue weighted by Gasteiger charge is 2.42. The summed E-state index contributed by atoms with van der Waals surface area (Å²) in [6, 6.07) is 2.16. The lowest BCUT2D eigenvalue weighted by Gasteiger charge is -2.38. The first-order chi connectivity index (χ1) is 10.7. The number of hydrogen-bond donors (Lipinski definition) is 2. The molecule has 1 atom stereocenters. The van der Waals surface area contributed by atoms with E-state index in [1.54, 1.807) is 6.20 Å². The van der Waals surface area contributed by atoms with Crippen LogP contribution >= 0.6 is 0 Å². The lowest BCUT2D eigenvalue weighted by molar-refractivity contribution is -0.133. The molecule has 2 fully saturated rings. The van der Waals surface area contributed by atoms with Crippen molar-refractivity contribution in [3.05, 3.63) is 18.5 Å². The van der Waals surface area contributed by atoms with Gasteiger partial charge in [0.05, 0.1) is 0 Å². The monoisotopic (exact) mass is 304 g/mol. The zero-order chi connectivity index (χ0) is 15.4. The molecule has 5 nitrogen and oxygen atoms in total. The predicted octanol–water partition coefficient (Wildman–Crippen LogP) is 2.05. The van der Waals surface area contributed by atoms with E-state index in [9.17, 15) is 4.79 Å². The lowest BCUT2D eigenvalue weighted by Crippen LogP contribution is -2.57. The Morgan fingerprint density at radius 1 is 1.32 bits per heavy atom. The van der Waals surface area contributed by atoms with Crippen LogP contribution in [0.4, 0.5) is 0 Å². The highest BCUT2D eigenvalue weighted by molar-refractivity contribution is 5.84. The molecule has 0 bridgehead atoms. The number of aromatic nitrogens is 2. The van der Waals surface area contributed by atoms with E-state index in [-0.39, 0.29) is 11.9 Å². The zero-order valence-electron chi connectivity index (χ0n) is 13.6. The Hall–Kier alpha value is -1.36. The van der Waals surface area contributed by atoms with Crippen LogP contribution < -0.4 is 10.6 Å². The van der Waals surface area contributed by atoms with Crippen LogP contribution in [0.15, 0.2) is 18.5 Å². The van der Waals surface area contributed by atoms with Crippen molar-refractivity contribution in [2.45, 2.75) is 63.5 Å². The summed E-state index contributed by atoms with van der Waals surface area (Å²) >= 11 is 0. The smallest absolute Gasteiger partial charge is 0.248 e. The van der Waals surface area contributed by atoms with Crippen LogP contribution in [0.5, 0.6) is 0 Å². The standard InChI is InChI=1S/C17H28N4O/c1-14(15-6-3-2-4-7-15)20-16(22)17(8-11-18-12-9-17)21-13-5-10-19-21/h5,10,13-15,18H,2-4,6-9,11-12H2,1H3,(H,20,22). The molecule has 3 rings (SSSR count). The van der Waals surface area contributed by atoms with Crippen molar-refractivity contribution >= 4 is 5.91 Å². The predicted molar refractivity (Wildman–Crippen MR) is 86.5 cm³/mol. The van der Waals surface area contributed by atoms with Gasteiger partial charge in [-0.3, -0.25) is 9.48 Å². The fourth-order valence-electron chi connectivity index (χ4n) is 4.02. The van der Waals surface area contributed by atoms with Crippen LogP contribution in [0.25, 0.3) is 0 Å². The van der Waals surface area contributed by atoms with E-state index < -0.39 is 5.54 Å². The molecule has 122 valence electrons. The summed E-state index contributed by atoms with van der Waals surface area (Å²) in [5.41, 5.74) is -0.516. The minimum Gasteiger partial charge on any atom is -0.351 e. The summed E-state index contributed by atoms with van der Waals surface area (Å²) in [6.07, 6.45) is 11.8. The molecule has 1 amide bonds. The fraction of sp³-hybridized carbons (Fsp3) is 0.765. The molecule has 2 N–H and O–H groups in total. The number of piperidine rings is 1. The summed E-state index contributed by atoms with van der Waals surface area (Å²) in [6.45, 7) is 3.90. The molecular formula is C17H28N4O. The van der Waals surface area contributed by atoms with Crippen molar-refractivity contribution in [2.24, 2.45) is 5.92 Å². The average Bonchev–Trinajstić information content (AvgIpc) is 3.11.